The van der Waals surface area contributed by atoms with Crippen molar-refractivity contribution in [2.75, 3.05) is 6.61 Å². The molecule has 3 atom stereocenters. The molecule has 0 aliphatic carbocycles. The van der Waals surface area contributed by atoms with Gasteiger partial charge in [0.2, 0.25) is 0 Å². The van der Waals surface area contributed by atoms with Crippen molar-refractivity contribution in [3.63, 3.8) is 0 Å². The molecule has 20 heavy (non-hydrogen) atoms. The van der Waals surface area contributed by atoms with Gasteiger partial charge >= 0.3 is 0 Å². The van der Waals surface area contributed by atoms with Crippen molar-refractivity contribution in [1.82, 2.24) is 5.32 Å². The van der Waals surface area contributed by atoms with Crippen LogP contribution in [0.4, 0.5) is 0 Å². The monoisotopic (exact) mass is 275 g/mol. The number of hydrogen-bond acceptors (Lipinski definition) is 2. The molecule has 1 aliphatic heterocycles. The Morgan fingerprint density at radius 1 is 1.25 bits per heavy atom. The van der Waals surface area contributed by atoms with Crippen molar-refractivity contribution < 1.29 is 4.74 Å². The standard InChI is InChI=1S/C18H29NO/c1-4-6-17-13-16(11-12-20-17)19-18(5-2)15-9-7-14(3)8-10-15/h7-10,16-19H,4-6,11-13H2,1-3H3. The van der Waals surface area contributed by atoms with E-state index in [9.17, 15) is 0 Å². The van der Waals surface area contributed by atoms with Crippen LogP contribution in [0.15, 0.2) is 24.3 Å². The molecular formula is C18H29NO. The van der Waals surface area contributed by atoms with E-state index in [4.69, 9.17) is 4.74 Å². The van der Waals surface area contributed by atoms with E-state index >= 15 is 0 Å². The van der Waals surface area contributed by atoms with Crippen molar-refractivity contribution in [2.24, 2.45) is 0 Å². The van der Waals surface area contributed by atoms with Gasteiger partial charge in [-0.05, 0) is 38.2 Å². The third kappa shape index (κ3) is 4.32. The first kappa shape index (κ1) is 15.5. The van der Waals surface area contributed by atoms with Crippen LogP contribution >= 0.6 is 0 Å². The highest BCUT2D eigenvalue weighted by atomic mass is 16.5. The summed E-state index contributed by atoms with van der Waals surface area (Å²) < 4.78 is 5.85. The molecule has 0 bridgehead atoms. The lowest BCUT2D eigenvalue weighted by molar-refractivity contribution is -0.00515. The van der Waals surface area contributed by atoms with Crippen molar-refractivity contribution in [3.8, 4) is 0 Å². The van der Waals surface area contributed by atoms with Crippen LogP contribution in [0.1, 0.15) is 63.1 Å². The molecule has 2 heteroatoms. The van der Waals surface area contributed by atoms with Gasteiger partial charge in [0, 0.05) is 18.7 Å². The summed E-state index contributed by atoms with van der Waals surface area (Å²) >= 11 is 0. The van der Waals surface area contributed by atoms with E-state index in [0.29, 0.717) is 18.2 Å². The van der Waals surface area contributed by atoms with Crippen LogP contribution in [0, 0.1) is 6.92 Å². The van der Waals surface area contributed by atoms with Crippen molar-refractivity contribution in [1.29, 1.82) is 0 Å². The molecule has 1 fully saturated rings. The molecule has 1 aromatic carbocycles. The summed E-state index contributed by atoms with van der Waals surface area (Å²) in [5.41, 5.74) is 2.74. The van der Waals surface area contributed by atoms with Crippen molar-refractivity contribution >= 4 is 0 Å². The van der Waals surface area contributed by atoms with Crippen LogP contribution in [-0.4, -0.2) is 18.8 Å². The molecule has 1 aromatic rings. The molecule has 0 amide bonds. The number of rotatable bonds is 6. The minimum atomic E-state index is 0.460. The fourth-order valence-electron chi connectivity index (χ4n) is 3.09. The Bertz CT molecular complexity index is 385. The minimum absolute atomic E-state index is 0.460. The van der Waals surface area contributed by atoms with Crippen LogP contribution in [0.5, 0.6) is 0 Å². The second-order valence-electron chi connectivity index (χ2n) is 6.04. The Morgan fingerprint density at radius 2 is 2.00 bits per heavy atom. The Balaban J connectivity index is 1.93. The van der Waals surface area contributed by atoms with E-state index in [0.717, 1.165) is 25.9 Å². The summed E-state index contributed by atoms with van der Waals surface area (Å²) in [5.74, 6) is 0. The molecule has 0 aromatic heterocycles. The fraction of sp³-hybridized carbons (Fsp3) is 0.667. The summed E-state index contributed by atoms with van der Waals surface area (Å²) in [6.45, 7) is 7.56. The second kappa shape index (κ2) is 7.80. The molecular weight excluding hydrogens is 246 g/mol. The first-order valence-electron chi connectivity index (χ1n) is 8.17. The third-order valence-corrected chi connectivity index (χ3v) is 4.30. The Hall–Kier alpha value is -0.860. The van der Waals surface area contributed by atoms with Crippen LogP contribution in [0.2, 0.25) is 0 Å². The molecule has 0 saturated carbocycles. The van der Waals surface area contributed by atoms with Crippen molar-refractivity contribution in [2.45, 2.75) is 71.1 Å². The summed E-state index contributed by atoms with van der Waals surface area (Å²) in [5, 5.41) is 3.85. The normalized spacial score (nSPS) is 24.6. The lowest BCUT2D eigenvalue weighted by Gasteiger charge is -2.33. The Morgan fingerprint density at radius 3 is 2.65 bits per heavy atom. The molecule has 2 nitrogen and oxygen atoms in total. The van der Waals surface area contributed by atoms with E-state index in [1.165, 1.54) is 24.0 Å². The molecule has 1 heterocycles. The van der Waals surface area contributed by atoms with Gasteiger partial charge in [0.1, 0.15) is 0 Å². The predicted octanol–water partition coefficient (Wildman–Crippen LogP) is 4.38. The summed E-state index contributed by atoms with van der Waals surface area (Å²) in [6, 6.07) is 10.0. The molecule has 1 saturated heterocycles. The average Bonchev–Trinajstić information content (AvgIpc) is 2.47. The van der Waals surface area contributed by atoms with Crippen LogP contribution < -0.4 is 5.32 Å². The number of benzene rings is 1. The smallest absolute Gasteiger partial charge is 0.0589 e. The highest BCUT2D eigenvalue weighted by molar-refractivity contribution is 5.24. The molecule has 112 valence electrons. The van der Waals surface area contributed by atoms with Gasteiger partial charge < -0.3 is 10.1 Å². The number of hydrogen-bond donors (Lipinski definition) is 1. The van der Waals surface area contributed by atoms with Crippen LogP contribution in [0.3, 0.4) is 0 Å². The maximum Gasteiger partial charge on any atom is 0.0589 e. The van der Waals surface area contributed by atoms with Gasteiger partial charge in [-0.25, -0.2) is 0 Å². The van der Waals surface area contributed by atoms with Crippen molar-refractivity contribution in [3.05, 3.63) is 35.4 Å². The Kier molecular flexibility index (Phi) is 6.06. The van der Waals surface area contributed by atoms with Gasteiger partial charge in [0.25, 0.3) is 0 Å². The summed E-state index contributed by atoms with van der Waals surface area (Å²) in [6.07, 6.45) is 6.31. The molecule has 1 aliphatic rings. The van der Waals surface area contributed by atoms with Gasteiger partial charge in [0.05, 0.1) is 6.10 Å². The number of nitrogens with one attached hydrogen (secondary N) is 1. The third-order valence-electron chi connectivity index (χ3n) is 4.30. The maximum absolute atomic E-state index is 5.85. The molecule has 3 unspecified atom stereocenters. The lowest BCUT2D eigenvalue weighted by atomic mass is 9.96. The van der Waals surface area contributed by atoms with E-state index in [2.05, 4.69) is 50.4 Å². The molecule has 0 spiro atoms. The highest BCUT2D eigenvalue weighted by Gasteiger charge is 2.24. The zero-order valence-electron chi connectivity index (χ0n) is 13.2. The van der Waals surface area contributed by atoms with E-state index in [1.807, 2.05) is 0 Å². The number of aryl methyl sites for hydroxylation is 1. The first-order valence-corrected chi connectivity index (χ1v) is 8.17. The van der Waals surface area contributed by atoms with Gasteiger partial charge in [-0.2, -0.15) is 0 Å². The van der Waals surface area contributed by atoms with E-state index in [-0.39, 0.29) is 0 Å². The number of ether oxygens (including phenoxy) is 1. The van der Waals surface area contributed by atoms with Crippen LogP contribution in [-0.2, 0) is 4.74 Å². The van der Waals surface area contributed by atoms with Crippen LogP contribution in [0.25, 0.3) is 0 Å². The molecule has 1 N–H and O–H groups in total. The quantitative estimate of drug-likeness (QED) is 0.831. The average molecular weight is 275 g/mol. The highest BCUT2D eigenvalue weighted by Crippen LogP contribution is 2.23. The minimum Gasteiger partial charge on any atom is -0.378 e. The topological polar surface area (TPSA) is 21.3 Å². The summed E-state index contributed by atoms with van der Waals surface area (Å²) in [4.78, 5) is 0. The van der Waals surface area contributed by atoms with Gasteiger partial charge in [-0.1, -0.05) is 50.1 Å². The second-order valence-corrected chi connectivity index (χ2v) is 6.04. The SMILES string of the molecule is CCCC1CC(NC(CC)c2ccc(C)cc2)CCO1. The van der Waals surface area contributed by atoms with E-state index in [1.54, 1.807) is 0 Å². The molecule has 0 radical (unpaired) electrons. The largest absolute Gasteiger partial charge is 0.378 e. The van der Waals surface area contributed by atoms with Gasteiger partial charge in [-0.3, -0.25) is 0 Å². The zero-order chi connectivity index (χ0) is 14.4. The lowest BCUT2D eigenvalue weighted by Crippen LogP contribution is -2.40. The zero-order valence-corrected chi connectivity index (χ0v) is 13.2. The van der Waals surface area contributed by atoms with Gasteiger partial charge in [-0.15, -0.1) is 0 Å². The van der Waals surface area contributed by atoms with E-state index < -0.39 is 0 Å². The Labute approximate surface area is 123 Å². The fourth-order valence-corrected chi connectivity index (χ4v) is 3.09. The molecule has 2 rings (SSSR count). The summed E-state index contributed by atoms with van der Waals surface area (Å²) in [7, 11) is 0. The first-order chi connectivity index (χ1) is 9.72. The van der Waals surface area contributed by atoms with Gasteiger partial charge in [0.15, 0.2) is 0 Å². The maximum atomic E-state index is 5.85. The predicted molar refractivity (Wildman–Crippen MR) is 85.0 cm³/mol.